The number of likely N-dealkylation sites (tertiary alicyclic amines) is 1. The van der Waals surface area contributed by atoms with E-state index < -0.39 is 0 Å². The van der Waals surface area contributed by atoms with Gasteiger partial charge in [-0.15, -0.1) is 0 Å². The molecule has 0 aromatic carbocycles. The van der Waals surface area contributed by atoms with Gasteiger partial charge in [-0.25, -0.2) is 4.79 Å². The maximum atomic E-state index is 12.4. The first-order chi connectivity index (χ1) is 11.2. The van der Waals surface area contributed by atoms with E-state index in [9.17, 15) is 4.79 Å². The highest BCUT2D eigenvalue weighted by atomic mass is 79.9. The molecule has 1 N–H and O–H groups in total. The van der Waals surface area contributed by atoms with Crippen LogP contribution in [0.25, 0.3) is 0 Å². The predicted octanol–water partition coefficient (Wildman–Crippen LogP) is 3.94. The number of piperidine rings is 1. The summed E-state index contributed by atoms with van der Waals surface area (Å²) in [6.07, 6.45) is 1.29. The van der Waals surface area contributed by atoms with Crippen LogP contribution in [-0.4, -0.2) is 48.1 Å². The van der Waals surface area contributed by atoms with Crippen LogP contribution in [0.15, 0.2) is 21.2 Å². The van der Waals surface area contributed by atoms with Crippen molar-refractivity contribution in [2.75, 3.05) is 26.7 Å². The summed E-state index contributed by atoms with van der Waals surface area (Å²) in [5.74, 6) is 2.19. The molecule has 0 saturated carbocycles. The Morgan fingerprint density at radius 2 is 2.00 bits per heavy atom. The molecule has 0 bridgehead atoms. The van der Waals surface area contributed by atoms with E-state index in [-0.39, 0.29) is 11.6 Å². The molecule has 0 spiro atoms. The lowest BCUT2D eigenvalue weighted by Gasteiger charge is -2.45. The second kappa shape index (κ2) is 7.91. The standard InChI is InChI=1S/C18H30BrN3O2/c1-13-8-14(2)10-22(9-13)18(3,4)12-20-17(23)21(5)11-15-6-7-16(19)24-15/h6-7,13-14H,8-12H2,1-5H3,(H,20,23). The maximum Gasteiger partial charge on any atom is 0.317 e. The Balaban J connectivity index is 1.85. The molecule has 0 radical (unpaired) electrons. The highest BCUT2D eigenvalue weighted by Crippen LogP contribution is 2.26. The van der Waals surface area contributed by atoms with Crippen LogP contribution in [0.3, 0.4) is 0 Å². The quantitative estimate of drug-likeness (QED) is 0.815. The lowest BCUT2D eigenvalue weighted by Crippen LogP contribution is -2.57. The third kappa shape index (κ3) is 5.24. The van der Waals surface area contributed by atoms with Crippen molar-refractivity contribution in [1.82, 2.24) is 15.1 Å². The van der Waals surface area contributed by atoms with E-state index in [1.54, 1.807) is 11.9 Å². The zero-order chi connectivity index (χ0) is 17.9. The summed E-state index contributed by atoms with van der Waals surface area (Å²) in [6.45, 7) is 12.3. The lowest BCUT2D eigenvalue weighted by atomic mass is 9.88. The van der Waals surface area contributed by atoms with Gasteiger partial charge in [0.2, 0.25) is 0 Å². The van der Waals surface area contributed by atoms with E-state index in [0.29, 0.717) is 29.6 Å². The molecule has 2 heterocycles. The molecular weight excluding hydrogens is 370 g/mol. The number of rotatable bonds is 5. The Morgan fingerprint density at radius 1 is 1.38 bits per heavy atom. The molecule has 2 rings (SSSR count). The highest BCUT2D eigenvalue weighted by molar-refractivity contribution is 9.10. The van der Waals surface area contributed by atoms with Gasteiger partial charge in [-0.1, -0.05) is 13.8 Å². The molecule has 2 unspecified atom stereocenters. The van der Waals surface area contributed by atoms with Crippen LogP contribution in [0.1, 0.15) is 39.9 Å². The number of amides is 2. The van der Waals surface area contributed by atoms with E-state index in [2.05, 4.69) is 53.8 Å². The summed E-state index contributed by atoms with van der Waals surface area (Å²) in [5, 5.41) is 3.07. The summed E-state index contributed by atoms with van der Waals surface area (Å²) >= 11 is 3.28. The van der Waals surface area contributed by atoms with Gasteiger partial charge in [0.1, 0.15) is 5.76 Å². The summed E-state index contributed by atoms with van der Waals surface area (Å²) in [7, 11) is 1.78. The monoisotopic (exact) mass is 399 g/mol. The van der Waals surface area contributed by atoms with Crippen LogP contribution in [-0.2, 0) is 6.54 Å². The van der Waals surface area contributed by atoms with E-state index in [0.717, 1.165) is 18.8 Å². The molecule has 136 valence electrons. The van der Waals surface area contributed by atoms with E-state index in [4.69, 9.17) is 4.42 Å². The second-order valence-electron chi connectivity index (χ2n) is 7.88. The molecule has 24 heavy (non-hydrogen) atoms. The van der Waals surface area contributed by atoms with E-state index >= 15 is 0 Å². The Kier molecular flexibility index (Phi) is 6.37. The van der Waals surface area contributed by atoms with Crippen molar-refractivity contribution in [1.29, 1.82) is 0 Å². The van der Waals surface area contributed by atoms with Crippen molar-refractivity contribution in [2.45, 2.75) is 46.2 Å². The number of nitrogens with one attached hydrogen (secondary N) is 1. The number of hydrogen-bond acceptors (Lipinski definition) is 3. The Labute approximate surface area is 153 Å². The predicted molar refractivity (Wildman–Crippen MR) is 99.9 cm³/mol. The average molecular weight is 400 g/mol. The van der Waals surface area contributed by atoms with Crippen LogP contribution in [0.4, 0.5) is 4.79 Å². The summed E-state index contributed by atoms with van der Waals surface area (Å²) < 4.78 is 6.14. The first-order valence-corrected chi connectivity index (χ1v) is 9.45. The molecule has 2 amide bonds. The van der Waals surface area contributed by atoms with Gasteiger partial charge in [-0.05, 0) is 60.2 Å². The van der Waals surface area contributed by atoms with E-state index in [1.807, 2.05) is 12.1 Å². The maximum absolute atomic E-state index is 12.4. The van der Waals surface area contributed by atoms with Crippen molar-refractivity contribution in [2.24, 2.45) is 11.8 Å². The van der Waals surface area contributed by atoms with Crippen molar-refractivity contribution in [3.63, 3.8) is 0 Å². The van der Waals surface area contributed by atoms with Crippen LogP contribution < -0.4 is 5.32 Å². The Morgan fingerprint density at radius 3 is 2.54 bits per heavy atom. The molecule has 1 saturated heterocycles. The zero-order valence-electron chi connectivity index (χ0n) is 15.4. The van der Waals surface area contributed by atoms with Gasteiger partial charge < -0.3 is 14.6 Å². The molecule has 5 nitrogen and oxygen atoms in total. The van der Waals surface area contributed by atoms with Gasteiger partial charge in [0.15, 0.2) is 4.67 Å². The number of urea groups is 1. The minimum atomic E-state index is -0.0753. The average Bonchev–Trinajstić information content (AvgIpc) is 2.89. The molecule has 1 fully saturated rings. The fraction of sp³-hybridized carbons (Fsp3) is 0.722. The number of hydrogen-bond donors (Lipinski definition) is 1. The molecule has 1 aromatic rings. The number of nitrogens with zero attached hydrogens (tertiary/aromatic N) is 2. The Bertz CT molecular complexity index is 548. The molecule has 6 heteroatoms. The highest BCUT2D eigenvalue weighted by Gasteiger charge is 2.33. The van der Waals surface area contributed by atoms with Gasteiger partial charge in [0.25, 0.3) is 0 Å². The topological polar surface area (TPSA) is 48.7 Å². The second-order valence-corrected chi connectivity index (χ2v) is 8.67. The van der Waals surface area contributed by atoms with Crippen molar-refractivity contribution >= 4 is 22.0 Å². The minimum Gasteiger partial charge on any atom is -0.452 e. The number of furan rings is 1. The van der Waals surface area contributed by atoms with Gasteiger partial charge in [0, 0.05) is 32.2 Å². The zero-order valence-corrected chi connectivity index (χ0v) is 17.0. The number of carbonyl (C=O) groups excluding carboxylic acids is 1. The first-order valence-electron chi connectivity index (χ1n) is 8.65. The van der Waals surface area contributed by atoms with Crippen molar-refractivity contribution in [3.8, 4) is 0 Å². The molecular formula is C18H30BrN3O2. The molecule has 2 atom stereocenters. The third-order valence-electron chi connectivity index (χ3n) is 4.77. The number of halogens is 1. The summed E-state index contributed by atoms with van der Waals surface area (Å²) in [5.41, 5.74) is -0.0485. The summed E-state index contributed by atoms with van der Waals surface area (Å²) in [4.78, 5) is 16.5. The van der Waals surface area contributed by atoms with Crippen LogP contribution in [0, 0.1) is 11.8 Å². The molecule has 1 aromatic heterocycles. The normalized spacial score (nSPS) is 22.4. The smallest absolute Gasteiger partial charge is 0.317 e. The first kappa shape index (κ1) is 19.3. The van der Waals surface area contributed by atoms with Crippen LogP contribution >= 0.6 is 15.9 Å². The largest absolute Gasteiger partial charge is 0.452 e. The van der Waals surface area contributed by atoms with Gasteiger partial charge in [0.05, 0.1) is 6.54 Å². The summed E-state index contributed by atoms with van der Waals surface area (Å²) in [6, 6.07) is 3.63. The van der Waals surface area contributed by atoms with Gasteiger partial charge in [-0.2, -0.15) is 0 Å². The number of carbonyl (C=O) groups is 1. The molecule has 0 aliphatic carbocycles. The minimum absolute atomic E-state index is 0.0485. The lowest BCUT2D eigenvalue weighted by molar-refractivity contribution is 0.0465. The fourth-order valence-corrected chi connectivity index (χ4v) is 3.78. The molecule has 1 aliphatic heterocycles. The third-order valence-corrected chi connectivity index (χ3v) is 5.19. The van der Waals surface area contributed by atoms with Crippen molar-refractivity contribution < 1.29 is 9.21 Å². The van der Waals surface area contributed by atoms with Gasteiger partial charge in [-0.3, -0.25) is 4.90 Å². The van der Waals surface area contributed by atoms with Gasteiger partial charge >= 0.3 is 6.03 Å². The SMILES string of the molecule is CC1CC(C)CN(C(C)(C)CNC(=O)N(C)Cc2ccc(Br)o2)C1. The van der Waals surface area contributed by atoms with Crippen molar-refractivity contribution in [3.05, 3.63) is 22.6 Å². The fourth-order valence-electron chi connectivity index (χ4n) is 3.44. The van der Waals surface area contributed by atoms with Crippen LogP contribution in [0.2, 0.25) is 0 Å². The molecule has 1 aliphatic rings. The Hall–Kier alpha value is -1.01. The van der Waals surface area contributed by atoms with Crippen LogP contribution in [0.5, 0.6) is 0 Å². The van der Waals surface area contributed by atoms with E-state index in [1.165, 1.54) is 6.42 Å².